The van der Waals surface area contributed by atoms with Crippen molar-refractivity contribution in [3.8, 4) is 0 Å². The van der Waals surface area contributed by atoms with Crippen LogP contribution in [0.25, 0.3) is 0 Å². The standard InChI is InChI=1S/C17H33N7O6S2/c1-32-6-4-11(15(28)24-12(7-25)16(29)30)23-14(27)10(3-2-5-21-17(19)20)22-13(26)9(18)8-31/h9-12,25,31H,2-8,18H2,1H3,(H,22,26)(H,23,27)(H,24,28)(H,29,30)(H4,19,20,21). The van der Waals surface area contributed by atoms with Crippen LogP contribution >= 0.6 is 24.4 Å². The fraction of sp³-hybridized carbons (Fsp3) is 0.706. The van der Waals surface area contributed by atoms with Crippen molar-refractivity contribution in [2.45, 2.75) is 43.4 Å². The minimum absolute atomic E-state index is 0.0602. The third-order valence-electron chi connectivity index (χ3n) is 4.15. The van der Waals surface area contributed by atoms with Crippen molar-refractivity contribution in [2.75, 3.05) is 30.9 Å². The van der Waals surface area contributed by atoms with Crippen LogP contribution < -0.4 is 33.2 Å². The number of guanidine groups is 1. The Bertz CT molecular complexity index is 663. The molecule has 4 unspecified atom stereocenters. The van der Waals surface area contributed by atoms with Crippen LogP contribution in [-0.2, 0) is 19.2 Å². The van der Waals surface area contributed by atoms with Gasteiger partial charge in [0.05, 0.1) is 12.6 Å². The molecule has 11 N–H and O–H groups in total. The van der Waals surface area contributed by atoms with E-state index in [9.17, 15) is 19.2 Å². The maximum absolute atomic E-state index is 12.9. The van der Waals surface area contributed by atoms with E-state index in [4.69, 9.17) is 27.4 Å². The highest BCUT2D eigenvalue weighted by Crippen LogP contribution is 2.05. The Morgan fingerprint density at radius 1 is 1.00 bits per heavy atom. The average molecular weight is 496 g/mol. The van der Waals surface area contributed by atoms with Gasteiger partial charge in [-0.25, -0.2) is 4.79 Å². The normalized spacial score (nSPS) is 14.4. The summed E-state index contributed by atoms with van der Waals surface area (Å²) in [6, 6.07) is -4.58. The number of carbonyl (C=O) groups is 4. The van der Waals surface area contributed by atoms with Gasteiger partial charge in [0, 0.05) is 12.3 Å². The van der Waals surface area contributed by atoms with Crippen molar-refractivity contribution < 1.29 is 29.4 Å². The molecule has 0 aromatic heterocycles. The second kappa shape index (κ2) is 16.4. The van der Waals surface area contributed by atoms with Crippen LogP contribution in [0.1, 0.15) is 19.3 Å². The van der Waals surface area contributed by atoms with Gasteiger partial charge in [-0.2, -0.15) is 24.4 Å². The summed E-state index contributed by atoms with van der Waals surface area (Å²) >= 11 is 5.38. The number of aliphatic hydroxyl groups is 1. The number of thioether (sulfide) groups is 1. The van der Waals surface area contributed by atoms with Crippen LogP contribution in [0.5, 0.6) is 0 Å². The molecular weight excluding hydrogens is 462 g/mol. The molecule has 0 bridgehead atoms. The molecule has 4 atom stereocenters. The summed E-state index contributed by atoms with van der Waals surface area (Å²) in [5.41, 5.74) is 16.2. The fourth-order valence-electron chi connectivity index (χ4n) is 2.37. The molecule has 13 nitrogen and oxygen atoms in total. The highest BCUT2D eigenvalue weighted by atomic mass is 32.2. The van der Waals surface area contributed by atoms with Gasteiger partial charge < -0.3 is 43.4 Å². The van der Waals surface area contributed by atoms with Crippen LogP contribution in [0, 0.1) is 0 Å². The van der Waals surface area contributed by atoms with E-state index in [1.807, 2.05) is 0 Å². The lowest BCUT2D eigenvalue weighted by Crippen LogP contribution is -2.57. The van der Waals surface area contributed by atoms with Crippen LogP contribution in [0.3, 0.4) is 0 Å². The molecule has 0 aliphatic rings. The number of nitrogens with one attached hydrogen (secondary N) is 3. The van der Waals surface area contributed by atoms with E-state index >= 15 is 0 Å². The van der Waals surface area contributed by atoms with Gasteiger partial charge in [0.1, 0.15) is 18.1 Å². The minimum Gasteiger partial charge on any atom is -0.480 e. The van der Waals surface area contributed by atoms with Gasteiger partial charge in [0.15, 0.2) is 5.96 Å². The van der Waals surface area contributed by atoms with Crippen LogP contribution in [0.2, 0.25) is 0 Å². The topological polar surface area (TPSA) is 235 Å². The van der Waals surface area contributed by atoms with E-state index in [0.717, 1.165) is 0 Å². The van der Waals surface area contributed by atoms with E-state index < -0.39 is 54.5 Å². The van der Waals surface area contributed by atoms with Crippen molar-refractivity contribution in [2.24, 2.45) is 22.2 Å². The zero-order valence-electron chi connectivity index (χ0n) is 17.8. The lowest BCUT2D eigenvalue weighted by molar-refractivity contribution is -0.143. The molecule has 3 amide bonds. The molecule has 0 heterocycles. The monoisotopic (exact) mass is 495 g/mol. The van der Waals surface area contributed by atoms with Gasteiger partial charge in [-0.15, -0.1) is 0 Å². The van der Waals surface area contributed by atoms with Gasteiger partial charge in [0.25, 0.3) is 0 Å². The van der Waals surface area contributed by atoms with E-state index in [-0.39, 0.29) is 31.1 Å². The number of carboxylic acids is 1. The van der Waals surface area contributed by atoms with Crippen LogP contribution in [-0.4, -0.2) is 94.9 Å². The van der Waals surface area contributed by atoms with E-state index in [0.29, 0.717) is 12.2 Å². The molecule has 0 spiro atoms. The number of carboxylic acid groups (broad SMARTS) is 1. The van der Waals surface area contributed by atoms with Gasteiger partial charge in [-0.05, 0) is 31.3 Å². The Labute approximate surface area is 196 Å². The molecule has 0 aliphatic carbocycles. The first-order chi connectivity index (χ1) is 15.1. The summed E-state index contributed by atoms with van der Waals surface area (Å²) in [4.78, 5) is 52.5. The van der Waals surface area contributed by atoms with Crippen LogP contribution in [0.15, 0.2) is 4.99 Å². The molecular formula is C17H33N7O6S2. The van der Waals surface area contributed by atoms with Gasteiger partial charge in [-0.3, -0.25) is 19.4 Å². The minimum atomic E-state index is -1.51. The number of aliphatic imine (C=N–C) groups is 1. The number of aliphatic hydroxyl groups excluding tert-OH is 1. The number of amides is 3. The van der Waals surface area contributed by atoms with E-state index in [1.165, 1.54) is 11.8 Å². The third-order valence-corrected chi connectivity index (χ3v) is 5.19. The second-order valence-electron chi connectivity index (χ2n) is 6.72. The third kappa shape index (κ3) is 12.0. The summed E-state index contributed by atoms with van der Waals surface area (Å²) in [5, 5.41) is 25.4. The molecule has 0 saturated carbocycles. The lowest BCUT2D eigenvalue weighted by atomic mass is 10.1. The summed E-state index contributed by atoms with van der Waals surface area (Å²) in [6.07, 6.45) is 2.50. The largest absolute Gasteiger partial charge is 0.480 e. The number of nitrogens with two attached hydrogens (primary N) is 3. The zero-order valence-corrected chi connectivity index (χ0v) is 19.5. The van der Waals surface area contributed by atoms with Crippen molar-refractivity contribution in [1.29, 1.82) is 0 Å². The quantitative estimate of drug-likeness (QED) is 0.0445. The zero-order chi connectivity index (χ0) is 24.7. The van der Waals surface area contributed by atoms with Crippen molar-refractivity contribution in [3.05, 3.63) is 0 Å². The van der Waals surface area contributed by atoms with Crippen LogP contribution in [0.4, 0.5) is 0 Å². The number of hydrogen-bond acceptors (Lipinski definition) is 9. The average Bonchev–Trinajstić information content (AvgIpc) is 2.75. The molecule has 0 aromatic rings. The number of nitrogens with zero attached hydrogens (tertiary/aromatic N) is 1. The number of carbonyl (C=O) groups excluding carboxylic acids is 3. The number of thiol groups is 1. The Morgan fingerprint density at radius 3 is 2.00 bits per heavy atom. The Morgan fingerprint density at radius 2 is 1.53 bits per heavy atom. The summed E-state index contributed by atoms with van der Waals surface area (Å²) in [6.45, 7) is -0.594. The summed E-state index contributed by atoms with van der Waals surface area (Å²) in [7, 11) is 0. The first-order valence-corrected chi connectivity index (χ1v) is 11.8. The number of aliphatic carboxylic acids is 1. The molecule has 32 heavy (non-hydrogen) atoms. The van der Waals surface area contributed by atoms with Gasteiger partial charge >= 0.3 is 5.97 Å². The highest BCUT2D eigenvalue weighted by Gasteiger charge is 2.29. The lowest BCUT2D eigenvalue weighted by Gasteiger charge is -2.24. The van der Waals surface area contributed by atoms with E-state index in [2.05, 4.69) is 33.6 Å². The predicted octanol–water partition coefficient (Wildman–Crippen LogP) is -3.42. The molecule has 0 rings (SSSR count). The molecule has 184 valence electrons. The fourth-order valence-corrected chi connectivity index (χ4v) is 3.01. The summed E-state index contributed by atoms with van der Waals surface area (Å²) < 4.78 is 0. The summed E-state index contributed by atoms with van der Waals surface area (Å²) in [5.74, 6) is -3.01. The van der Waals surface area contributed by atoms with Gasteiger partial charge in [0.2, 0.25) is 17.7 Å². The molecule has 0 radical (unpaired) electrons. The van der Waals surface area contributed by atoms with E-state index in [1.54, 1.807) is 6.26 Å². The van der Waals surface area contributed by atoms with Crippen molar-refractivity contribution >= 4 is 54.0 Å². The SMILES string of the molecule is CSCCC(NC(=O)C(CCCN=C(N)N)NC(=O)C(N)CS)C(=O)NC(CO)C(=O)O. The maximum Gasteiger partial charge on any atom is 0.328 e. The number of rotatable bonds is 16. The number of hydrogen-bond donors (Lipinski definition) is 9. The molecule has 0 aromatic carbocycles. The first kappa shape index (κ1) is 29.8. The molecule has 0 saturated heterocycles. The Balaban J connectivity index is 5.39. The van der Waals surface area contributed by atoms with Crippen molar-refractivity contribution in [1.82, 2.24) is 16.0 Å². The Kier molecular flexibility index (Phi) is 15.3. The predicted molar refractivity (Wildman–Crippen MR) is 125 cm³/mol. The maximum atomic E-state index is 12.9. The second-order valence-corrected chi connectivity index (χ2v) is 8.07. The van der Waals surface area contributed by atoms with Crippen molar-refractivity contribution in [3.63, 3.8) is 0 Å². The molecule has 15 heteroatoms. The highest BCUT2D eigenvalue weighted by molar-refractivity contribution is 7.98. The Hall–Kier alpha value is -2.23. The smallest absolute Gasteiger partial charge is 0.328 e. The first-order valence-electron chi connectivity index (χ1n) is 9.72. The molecule has 0 fully saturated rings. The van der Waals surface area contributed by atoms with Gasteiger partial charge in [-0.1, -0.05) is 0 Å². The molecule has 0 aliphatic heterocycles.